The highest BCUT2D eigenvalue weighted by molar-refractivity contribution is 5.99. The molecule has 0 aliphatic carbocycles. The van der Waals surface area contributed by atoms with Gasteiger partial charge in [-0.1, -0.05) is 30.3 Å². The number of Topliss-reactive ketones (excluding diaryl/α,β-unsaturated/α-hetero) is 1. The lowest BCUT2D eigenvalue weighted by atomic mass is 10.1. The van der Waals surface area contributed by atoms with Crippen LogP contribution in [0.2, 0.25) is 0 Å². The van der Waals surface area contributed by atoms with Crippen LogP contribution in [-0.2, 0) is 9.53 Å². The molecule has 22 heavy (non-hydrogen) atoms. The Bertz CT molecular complexity index is 657. The van der Waals surface area contributed by atoms with Gasteiger partial charge in [0.25, 0.3) is 0 Å². The van der Waals surface area contributed by atoms with Gasteiger partial charge in [-0.25, -0.2) is 4.79 Å². The molecule has 0 heterocycles. The van der Waals surface area contributed by atoms with E-state index in [4.69, 9.17) is 9.47 Å². The average molecular weight is 296 g/mol. The maximum absolute atomic E-state index is 11.9. The molecule has 0 spiro atoms. The molecule has 112 valence electrons. The molecule has 0 radical (unpaired) electrons. The first kappa shape index (κ1) is 15.5. The summed E-state index contributed by atoms with van der Waals surface area (Å²) in [5, 5.41) is 0. The van der Waals surface area contributed by atoms with Crippen molar-refractivity contribution in [2.75, 3.05) is 13.7 Å². The van der Waals surface area contributed by atoms with Gasteiger partial charge in [-0.2, -0.15) is 0 Å². The Kier molecular flexibility index (Phi) is 5.49. The van der Waals surface area contributed by atoms with Gasteiger partial charge >= 0.3 is 5.97 Å². The molecule has 0 aliphatic heterocycles. The maximum Gasteiger partial charge on any atom is 0.331 e. The lowest BCUT2D eigenvalue weighted by Gasteiger charge is -2.03. The van der Waals surface area contributed by atoms with Gasteiger partial charge < -0.3 is 9.47 Å². The zero-order valence-electron chi connectivity index (χ0n) is 12.2. The fourth-order valence-electron chi connectivity index (χ4n) is 1.77. The zero-order valence-corrected chi connectivity index (χ0v) is 12.2. The standard InChI is InChI=1S/C18H16O4/c1-21-16-10-8-15(9-11-16)17(19)13-22-18(20)12-7-14-5-3-2-4-6-14/h2-12H,13H2,1H3. The second-order valence-corrected chi connectivity index (χ2v) is 4.50. The smallest absolute Gasteiger partial charge is 0.331 e. The van der Waals surface area contributed by atoms with Gasteiger partial charge in [-0.15, -0.1) is 0 Å². The molecule has 0 saturated carbocycles. The van der Waals surface area contributed by atoms with Crippen molar-refractivity contribution in [3.8, 4) is 5.75 Å². The Hall–Kier alpha value is -2.88. The van der Waals surface area contributed by atoms with Crippen molar-refractivity contribution in [3.63, 3.8) is 0 Å². The zero-order chi connectivity index (χ0) is 15.8. The van der Waals surface area contributed by atoms with E-state index in [0.29, 0.717) is 11.3 Å². The van der Waals surface area contributed by atoms with Crippen LogP contribution in [0.25, 0.3) is 6.08 Å². The van der Waals surface area contributed by atoms with Crippen molar-refractivity contribution >= 4 is 17.8 Å². The number of ether oxygens (including phenoxy) is 2. The van der Waals surface area contributed by atoms with E-state index in [1.54, 1.807) is 37.5 Å². The van der Waals surface area contributed by atoms with Crippen molar-refractivity contribution in [1.82, 2.24) is 0 Å². The van der Waals surface area contributed by atoms with E-state index in [1.165, 1.54) is 6.08 Å². The highest BCUT2D eigenvalue weighted by Crippen LogP contribution is 2.11. The SMILES string of the molecule is COc1ccc(C(=O)COC(=O)C=Cc2ccccc2)cc1. The number of carbonyl (C=O) groups is 2. The predicted octanol–water partition coefficient (Wildman–Crippen LogP) is 3.13. The van der Waals surface area contributed by atoms with Gasteiger partial charge in [0.15, 0.2) is 12.4 Å². The third-order valence-electron chi connectivity index (χ3n) is 2.97. The van der Waals surface area contributed by atoms with Crippen LogP contribution in [0.1, 0.15) is 15.9 Å². The van der Waals surface area contributed by atoms with Crippen LogP contribution in [0.5, 0.6) is 5.75 Å². The fraction of sp³-hybridized carbons (Fsp3) is 0.111. The largest absolute Gasteiger partial charge is 0.497 e. The van der Waals surface area contributed by atoms with Gasteiger partial charge in [-0.3, -0.25) is 4.79 Å². The van der Waals surface area contributed by atoms with Crippen LogP contribution < -0.4 is 4.74 Å². The number of hydrogen-bond donors (Lipinski definition) is 0. The molecular weight excluding hydrogens is 280 g/mol. The van der Waals surface area contributed by atoms with E-state index in [1.807, 2.05) is 30.3 Å². The third kappa shape index (κ3) is 4.59. The minimum Gasteiger partial charge on any atom is -0.497 e. The van der Waals surface area contributed by atoms with Crippen molar-refractivity contribution in [3.05, 3.63) is 71.8 Å². The van der Waals surface area contributed by atoms with Crippen molar-refractivity contribution in [2.24, 2.45) is 0 Å². The molecule has 0 aromatic heterocycles. The van der Waals surface area contributed by atoms with Crippen LogP contribution in [0.3, 0.4) is 0 Å². The van der Waals surface area contributed by atoms with Crippen LogP contribution in [0.15, 0.2) is 60.7 Å². The minimum absolute atomic E-state index is 0.260. The molecule has 0 fully saturated rings. The van der Waals surface area contributed by atoms with E-state index >= 15 is 0 Å². The van der Waals surface area contributed by atoms with Crippen LogP contribution in [0, 0.1) is 0 Å². The van der Waals surface area contributed by atoms with Crippen LogP contribution in [-0.4, -0.2) is 25.5 Å². The molecule has 2 aromatic carbocycles. The number of rotatable bonds is 6. The molecule has 2 rings (SSSR count). The normalized spacial score (nSPS) is 10.4. The lowest BCUT2D eigenvalue weighted by Crippen LogP contribution is -2.12. The van der Waals surface area contributed by atoms with Crippen molar-refractivity contribution in [2.45, 2.75) is 0 Å². The lowest BCUT2D eigenvalue weighted by molar-refractivity contribution is -0.136. The highest BCUT2D eigenvalue weighted by atomic mass is 16.5. The molecule has 0 saturated heterocycles. The van der Waals surface area contributed by atoms with Crippen LogP contribution >= 0.6 is 0 Å². The summed E-state index contributed by atoms with van der Waals surface area (Å²) < 4.78 is 9.95. The number of methoxy groups -OCH3 is 1. The summed E-state index contributed by atoms with van der Waals surface area (Å²) in [4.78, 5) is 23.5. The number of carbonyl (C=O) groups excluding carboxylic acids is 2. The molecule has 0 atom stereocenters. The first-order chi connectivity index (χ1) is 10.7. The third-order valence-corrected chi connectivity index (χ3v) is 2.97. The number of ketones is 1. The minimum atomic E-state index is -0.550. The summed E-state index contributed by atoms with van der Waals surface area (Å²) in [7, 11) is 1.55. The van der Waals surface area contributed by atoms with E-state index in [0.717, 1.165) is 5.56 Å². The van der Waals surface area contributed by atoms with E-state index in [2.05, 4.69) is 0 Å². The molecule has 0 amide bonds. The molecular formula is C18H16O4. The summed E-state index contributed by atoms with van der Waals surface area (Å²) in [5.41, 5.74) is 1.36. The summed E-state index contributed by atoms with van der Waals surface area (Å²) >= 11 is 0. The van der Waals surface area contributed by atoms with Gasteiger partial charge in [0.05, 0.1) is 7.11 Å². The molecule has 4 nitrogen and oxygen atoms in total. The van der Waals surface area contributed by atoms with E-state index in [9.17, 15) is 9.59 Å². The average Bonchev–Trinajstić information content (AvgIpc) is 2.58. The number of benzene rings is 2. The second kappa shape index (κ2) is 7.78. The molecule has 0 aliphatic rings. The summed E-state index contributed by atoms with van der Waals surface area (Å²) in [6, 6.07) is 16.0. The first-order valence-electron chi connectivity index (χ1n) is 6.76. The first-order valence-corrected chi connectivity index (χ1v) is 6.76. The van der Waals surface area contributed by atoms with E-state index < -0.39 is 5.97 Å². The highest BCUT2D eigenvalue weighted by Gasteiger charge is 2.08. The van der Waals surface area contributed by atoms with Gasteiger partial charge in [0.1, 0.15) is 5.75 Å². The van der Waals surface area contributed by atoms with Crippen molar-refractivity contribution in [1.29, 1.82) is 0 Å². The summed E-state index contributed by atoms with van der Waals surface area (Å²) in [6.07, 6.45) is 2.94. The monoisotopic (exact) mass is 296 g/mol. The molecule has 4 heteroatoms. The quantitative estimate of drug-likeness (QED) is 0.467. The Morgan fingerprint density at radius 1 is 1.00 bits per heavy atom. The topological polar surface area (TPSA) is 52.6 Å². The maximum atomic E-state index is 11.9. The number of hydrogen-bond acceptors (Lipinski definition) is 4. The summed E-state index contributed by atoms with van der Waals surface area (Å²) in [6.45, 7) is -0.287. The van der Waals surface area contributed by atoms with Gasteiger partial charge in [-0.05, 0) is 35.9 Å². The Labute approximate surface area is 129 Å². The van der Waals surface area contributed by atoms with Gasteiger partial charge in [0, 0.05) is 11.6 Å². The van der Waals surface area contributed by atoms with Crippen LogP contribution in [0.4, 0.5) is 0 Å². The second-order valence-electron chi connectivity index (χ2n) is 4.50. The van der Waals surface area contributed by atoms with E-state index in [-0.39, 0.29) is 12.4 Å². The van der Waals surface area contributed by atoms with Crippen molar-refractivity contribution < 1.29 is 19.1 Å². The Morgan fingerprint density at radius 2 is 1.68 bits per heavy atom. The fourth-order valence-corrected chi connectivity index (χ4v) is 1.77. The molecule has 2 aromatic rings. The molecule has 0 N–H and O–H groups in total. The number of esters is 1. The Morgan fingerprint density at radius 3 is 2.32 bits per heavy atom. The summed E-state index contributed by atoms with van der Waals surface area (Å²) in [5.74, 6) is -0.144. The molecule has 0 unspecified atom stereocenters. The van der Waals surface area contributed by atoms with Gasteiger partial charge in [0.2, 0.25) is 0 Å². The Balaban J connectivity index is 1.85. The predicted molar refractivity (Wildman–Crippen MR) is 83.8 cm³/mol. The molecule has 0 bridgehead atoms.